The minimum Gasteiger partial charge on any atom is -0.388 e. The SMILES string of the molecule is CC[C@@]1(CCCN=[N+]=[N-])O[C@@H](n2cc(C)c(=O)[nH]c2=O)[C@H](O)[C@@H]1C. The molecule has 1 aliphatic heterocycles. The maximum atomic E-state index is 12.1. The molecular weight excluding hydrogens is 314 g/mol. The molecule has 0 aromatic carbocycles. The van der Waals surface area contributed by atoms with Crippen molar-refractivity contribution in [1.29, 1.82) is 0 Å². The number of nitrogens with zero attached hydrogens (tertiary/aromatic N) is 4. The molecular formula is C15H23N5O4. The lowest BCUT2D eigenvalue weighted by atomic mass is 9.81. The Kier molecular flexibility index (Phi) is 5.48. The van der Waals surface area contributed by atoms with Crippen LogP contribution in [-0.4, -0.2) is 32.9 Å². The van der Waals surface area contributed by atoms with Gasteiger partial charge in [0.2, 0.25) is 0 Å². The first-order valence-electron chi connectivity index (χ1n) is 8.05. The lowest BCUT2D eigenvalue weighted by Gasteiger charge is -2.32. The van der Waals surface area contributed by atoms with Crippen LogP contribution >= 0.6 is 0 Å². The lowest BCUT2D eigenvalue weighted by molar-refractivity contribution is -0.101. The molecule has 2 N–H and O–H groups in total. The average Bonchev–Trinajstić information content (AvgIpc) is 2.81. The van der Waals surface area contributed by atoms with E-state index in [9.17, 15) is 14.7 Å². The number of aliphatic hydroxyl groups excluding tert-OH is 1. The Hall–Kier alpha value is -2.09. The third-order valence-corrected chi connectivity index (χ3v) is 4.93. The Morgan fingerprint density at radius 1 is 1.54 bits per heavy atom. The van der Waals surface area contributed by atoms with Gasteiger partial charge in [0.05, 0.1) is 5.60 Å². The number of aliphatic hydroxyl groups is 1. The van der Waals surface area contributed by atoms with Gasteiger partial charge in [0, 0.05) is 29.1 Å². The molecule has 0 amide bonds. The largest absolute Gasteiger partial charge is 0.388 e. The number of aromatic nitrogens is 2. The Morgan fingerprint density at radius 3 is 2.88 bits per heavy atom. The molecule has 1 saturated heterocycles. The van der Waals surface area contributed by atoms with Crippen LogP contribution in [0.3, 0.4) is 0 Å². The van der Waals surface area contributed by atoms with E-state index < -0.39 is 29.2 Å². The summed E-state index contributed by atoms with van der Waals surface area (Å²) >= 11 is 0. The molecule has 1 aromatic rings. The normalized spacial score (nSPS) is 29.4. The molecule has 9 heteroatoms. The quantitative estimate of drug-likeness (QED) is 0.353. The Morgan fingerprint density at radius 2 is 2.25 bits per heavy atom. The van der Waals surface area contributed by atoms with Crippen molar-refractivity contribution in [3.63, 3.8) is 0 Å². The average molecular weight is 337 g/mol. The number of hydrogen-bond acceptors (Lipinski definition) is 5. The molecule has 132 valence electrons. The molecule has 2 rings (SSSR count). The molecule has 24 heavy (non-hydrogen) atoms. The molecule has 1 aliphatic rings. The predicted molar refractivity (Wildman–Crippen MR) is 87.6 cm³/mol. The van der Waals surface area contributed by atoms with Crippen molar-refractivity contribution < 1.29 is 9.84 Å². The van der Waals surface area contributed by atoms with Crippen molar-refractivity contribution in [3.8, 4) is 0 Å². The van der Waals surface area contributed by atoms with Gasteiger partial charge in [-0.15, -0.1) is 0 Å². The van der Waals surface area contributed by atoms with Crippen LogP contribution in [0.2, 0.25) is 0 Å². The fourth-order valence-corrected chi connectivity index (χ4v) is 3.33. The van der Waals surface area contributed by atoms with Gasteiger partial charge >= 0.3 is 5.69 Å². The first kappa shape index (κ1) is 18.3. The standard InChI is InChI=1S/C15H23N5O4/c1-4-15(6-5-7-17-19-16)10(3)11(21)13(24-15)20-8-9(2)12(22)18-14(20)23/h8,10-11,13,21H,4-7H2,1-3H3,(H,18,22,23)/t10-,11+,13+,15-/m0/s1. The third-order valence-electron chi connectivity index (χ3n) is 4.93. The number of ether oxygens (including phenoxy) is 1. The van der Waals surface area contributed by atoms with Gasteiger partial charge < -0.3 is 9.84 Å². The maximum Gasteiger partial charge on any atom is 0.330 e. The Labute approximate surface area is 138 Å². The summed E-state index contributed by atoms with van der Waals surface area (Å²) in [7, 11) is 0. The van der Waals surface area contributed by atoms with E-state index in [-0.39, 0.29) is 5.92 Å². The number of azide groups is 1. The van der Waals surface area contributed by atoms with Crippen molar-refractivity contribution in [2.45, 2.75) is 58.0 Å². The monoisotopic (exact) mass is 337 g/mol. The van der Waals surface area contributed by atoms with Crippen LogP contribution in [0.25, 0.3) is 10.4 Å². The summed E-state index contributed by atoms with van der Waals surface area (Å²) in [5, 5.41) is 14.1. The number of rotatable bonds is 6. The summed E-state index contributed by atoms with van der Waals surface area (Å²) in [5.41, 5.74) is 7.06. The number of hydrogen-bond donors (Lipinski definition) is 2. The van der Waals surface area contributed by atoms with Crippen LogP contribution in [0.4, 0.5) is 0 Å². The molecule has 0 radical (unpaired) electrons. The van der Waals surface area contributed by atoms with Crippen LogP contribution in [0.5, 0.6) is 0 Å². The van der Waals surface area contributed by atoms with Crippen LogP contribution in [0.1, 0.15) is 44.9 Å². The van der Waals surface area contributed by atoms with Crippen LogP contribution in [0.15, 0.2) is 20.9 Å². The summed E-state index contributed by atoms with van der Waals surface area (Å²) in [6, 6.07) is 0. The second-order valence-corrected chi connectivity index (χ2v) is 6.24. The van der Waals surface area contributed by atoms with Gasteiger partial charge in [0.1, 0.15) is 6.10 Å². The highest BCUT2D eigenvalue weighted by Crippen LogP contribution is 2.45. The number of aryl methyl sites for hydroxylation is 1. The van der Waals surface area contributed by atoms with E-state index in [0.717, 1.165) is 0 Å². The smallest absolute Gasteiger partial charge is 0.330 e. The zero-order valence-corrected chi connectivity index (χ0v) is 14.1. The highest BCUT2D eigenvalue weighted by Gasteiger charge is 2.51. The van der Waals surface area contributed by atoms with E-state index in [1.54, 1.807) is 6.92 Å². The van der Waals surface area contributed by atoms with Gasteiger partial charge in [0.25, 0.3) is 5.56 Å². The van der Waals surface area contributed by atoms with E-state index in [1.807, 2.05) is 13.8 Å². The topological polar surface area (TPSA) is 133 Å². The van der Waals surface area contributed by atoms with Gasteiger partial charge in [-0.1, -0.05) is 19.0 Å². The summed E-state index contributed by atoms with van der Waals surface area (Å²) in [6.07, 6.45) is 1.55. The second-order valence-electron chi connectivity index (χ2n) is 6.24. The molecule has 9 nitrogen and oxygen atoms in total. The summed E-state index contributed by atoms with van der Waals surface area (Å²) in [4.78, 5) is 28.6. The van der Waals surface area contributed by atoms with Gasteiger partial charge in [-0.05, 0) is 31.7 Å². The van der Waals surface area contributed by atoms with Crippen molar-refractivity contribution in [3.05, 3.63) is 43.0 Å². The van der Waals surface area contributed by atoms with Gasteiger partial charge in [-0.2, -0.15) is 0 Å². The molecule has 0 spiro atoms. The molecule has 0 bridgehead atoms. The fourth-order valence-electron chi connectivity index (χ4n) is 3.33. The summed E-state index contributed by atoms with van der Waals surface area (Å²) in [5.74, 6) is -0.210. The highest BCUT2D eigenvalue weighted by molar-refractivity contribution is 5.04. The molecule has 1 aromatic heterocycles. The van der Waals surface area contributed by atoms with Gasteiger partial charge in [0.15, 0.2) is 6.23 Å². The van der Waals surface area contributed by atoms with E-state index in [2.05, 4.69) is 15.0 Å². The van der Waals surface area contributed by atoms with Crippen LogP contribution in [0, 0.1) is 12.8 Å². The Balaban J connectivity index is 2.31. The molecule has 4 atom stereocenters. The van der Waals surface area contributed by atoms with Crippen LogP contribution in [-0.2, 0) is 4.74 Å². The van der Waals surface area contributed by atoms with Crippen molar-refractivity contribution >= 4 is 0 Å². The van der Waals surface area contributed by atoms with Crippen molar-refractivity contribution in [2.24, 2.45) is 11.0 Å². The molecule has 0 saturated carbocycles. The lowest BCUT2D eigenvalue weighted by Crippen LogP contribution is -2.37. The number of aromatic amines is 1. The summed E-state index contributed by atoms with van der Waals surface area (Å²) < 4.78 is 7.36. The van der Waals surface area contributed by atoms with Gasteiger partial charge in [-0.3, -0.25) is 14.3 Å². The van der Waals surface area contributed by atoms with Crippen molar-refractivity contribution in [2.75, 3.05) is 6.54 Å². The van der Waals surface area contributed by atoms with E-state index in [0.29, 0.717) is 31.4 Å². The molecule has 0 aliphatic carbocycles. The molecule has 1 fully saturated rings. The fraction of sp³-hybridized carbons (Fsp3) is 0.733. The maximum absolute atomic E-state index is 12.1. The Bertz CT molecular complexity index is 751. The predicted octanol–water partition coefficient (Wildman–Crippen LogP) is 1.61. The molecule has 2 heterocycles. The zero-order valence-electron chi connectivity index (χ0n) is 14.1. The third kappa shape index (κ3) is 3.24. The van der Waals surface area contributed by atoms with E-state index in [1.165, 1.54) is 10.8 Å². The highest BCUT2D eigenvalue weighted by atomic mass is 16.5. The zero-order chi connectivity index (χ0) is 17.9. The second kappa shape index (κ2) is 7.21. The number of nitrogens with one attached hydrogen (secondary N) is 1. The van der Waals surface area contributed by atoms with Crippen LogP contribution < -0.4 is 11.2 Å². The first-order chi connectivity index (χ1) is 11.4. The van der Waals surface area contributed by atoms with E-state index >= 15 is 0 Å². The molecule has 0 unspecified atom stereocenters. The minimum atomic E-state index is -0.882. The van der Waals surface area contributed by atoms with E-state index in [4.69, 9.17) is 10.3 Å². The summed E-state index contributed by atoms with van der Waals surface area (Å²) in [6.45, 7) is 5.78. The van der Waals surface area contributed by atoms with Crippen molar-refractivity contribution in [1.82, 2.24) is 9.55 Å². The van der Waals surface area contributed by atoms with Gasteiger partial charge in [-0.25, -0.2) is 4.79 Å². The first-order valence-corrected chi connectivity index (χ1v) is 8.05. The number of H-pyrrole nitrogens is 1. The minimum absolute atomic E-state index is 0.210.